The molecular formula is C23H30N4O2. The van der Waals surface area contributed by atoms with Crippen molar-refractivity contribution in [2.75, 3.05) is 39.5 Å². The SMILES string of the molecule is Cc1cccc(C(CN=C(N)NC2CCOc3ccccc32)N2CCOCC2)c1. The first kappa shape index (κ1) is 19.7. The summed E-state index contributed by atoms with van der Waals surface area (Å²) in [5, 5.41) is 3.40. The second-order valence-electron chi connectivity index (χ2n) is 7.68. The summed E-state index contributed by atoms with van der Waals surface area (Å²) < 4.78 is 11.3. The van der Waals surface area contributed by atoms with E-state index in [2.05, 4.69) is 47.5 Å². The van der Waals surface area contributed by atoms with Crippen LogP contribution in [0.4, 0.5) is 0 Å². The Morgan fingerprint density at radius 3 is 2.83 bits per heavy atom. The van der Waals surface area contributed by atoms with Gasteiger partial charge < -0.3 is 20.5 Å². The molecule has 0 spiro atoms. The number of benzene rings is 2. The van der Waals surface area contributed by atoms with E-state index in [9.17, 15) is 0 Å². The van der Waals surface area contributed by atoms with E-state index in [1.54, 1.807) is 0 Å². The number of rotatable bonds is 5. The molecule has 2 heterocycles. The second-order valence-corrected chi connectivity index (χ2v) is 7.68. The first-order valence-electron chi connectivity index (χ1n) is 10.4. The summed E-state index contributed by atoms with van der Waals surface area (Å²) in [6.07, 6.45) is 0.873. The molecule has 2 atom stereocenters. The van der Waals surface area contributed by atoms with Gasteiger partial charge in [-0.05, 0) is 18.6 Å². The number of para-hydroxylation sites is 1. The lowest BCUT2D eigenvalue weighted by Gasteiger charge is -2.34. The number of nitrogens with zero attached hydrogens (tertiary/aromatic N) is 2. The number of morpholine rings is 1. The number of nitrogens with two attached hydrogens (primary N) is 1. The molecule has 4 rings (SSSR count). The van der Waals surface area contributed by atoms with Crippen molar-refractivity contribution in [3.63, 3.8) is 0 Å². The summed E-state index contributed by atoms with van der Waals surface area (Å²) in [5.41, 5.74) is 9.98. The highest BCUT2D eigenvalue weighted by Crippen LogP contribution is 2.31. The smallest absolute Gasteiger partial charge is 0.189 e. The van der Waals surface area contributed by atoms with Crippen molar-refractivity contribution in [2.24, 2.45) is 10.7 Å². The van der Waals surface area contributed by atoms with Crippen LogP contribution in [0.25, 0.3) is 0 Å². The Balaban J connectivity index is 1.48. The number of hydrogen-bond donors (Lipinski definition) is 2. The minimum absolute atomic E-state index is 0.129. The van der Waals surface area contributed by atoms with E-state index < -0.39 is 0 Å². The van der Waals surface area contributed by atoms with E-state index in [1.165, 1.54) is 11.1 Å². The molecule has 3 N–H and O–H groups in total. The summed E-state index contributed by atoms with van der Waals surface area (Å²) in [5.74, 6) is 1.41. The van der Waals surface area contributed by atoms with Crippen molar-refractivity contribution in [1.82, 2.24) is 10.2 Å². The van der Waals surface area contributed by atoms with E-state index in [0.29, 0.717) is 19.1 Å². The van der Waals surface area contributed by atoms with Crippen molar-refractivity contribution in [3.05, 3.63) is 65.2 Å². The Morgan fingerprint density at radius 1 is 1.17 bits per heavy atom. The van der Waals surface area contributed by atoms with Gasteiger partial charge in [0.25, 0.3) is 0 Å². The standard InChI is InChI=1S/C23H30N4O2/c1-17-5-4-6-18(15-17)21(27-10-13-28-14-11-27)16-25-23(24)26-20-9-12-29-22-8-3-2-7-19(20)22/h2-8,15,20-21H,9-14,16H2,1H3,(H3,24,25,26). The molecule has 2 aromatic rings. The predicted molar refractivity (Wildman–Crippen MR) is 115 cm³/mol. The lowest BCUT2D eigenvalue weighted by Crippen LogP contribution is -2.41. The summed E-state index contributed by atoms with van der Waals surface area (Å²) in [6, 6.07) is 17.1. The van der Waals surface area contributed by atoms with Crippen molar-refractivity contribution in [3.8, 4) is 5.75 Å². The van der Waals surface area contributed by atoms with Crippen molar-refractivity contribution < 1.29 is 9.47 Å². The Bertz CT molecular complexity index is 848. The van der Waals surface area contributed by atoms with Gasteiger partial charge in [-0.2, -0.15) is 0 Å². The molecule has 1 fully saturated rings. The molecular weight excluding hydrogens is 364 g/mol. The average Bonchev–Trinajstić information content (AvgIpc) is 2.75. The maximum atomic E-state index is 6.30. The number of guanidine groups is 1. The molecule has 1 saturated heterocycles. The van der Waals surface area contributed by atoms with Gasteiger partial charge in [-0.15, -0.1) is 0 Å². The van der Waals surface area contributed by atoms with Crippen LogP contribution in [-0.4, -0.2) is 50.3 Å². The van der Waals surface area contributed by atoms with E-state index in [-0.39, 0.29) is 12.1 Å². The van der Waals surface area contributed by atoms with Crippen LogP contribution in [0, 0.1) is 6.92 Å². The highest BCUT2D eigenvalue weighted by Gasteiger charge is 2.24. The minimum Gasteiger partial charge on any atom is -0.493 e. The van der Waals surface area contributed by atoms with Gasteiger partial charge in [-0.1, -0.05) is 48.0 Å². The summed E-state index contributed by atoms with van der Waals surface area (Å²) in [6.45, 7) is 6.78. The molecule has 2 aliphatic heterocycles. The monoisotopic (exact) mass is 394 g/mol. The third kappa shape index (κ3) is 4.89. The van der Waals surface area contributed by atoms with Crippen LogP contribution in [-0.2, 0) is 4.74 Å². The molecule has 0 saturated carbocycles. The second kappa shape index (κ2) is 9.29. The topological polar surface area (TPSA) is 72.1 Å². The number of hydrogen-bond acceptors (Lipinski definition) is 4. The van der Waals surface area contributed by atoms with Gasteiger partial charge in [-0.3, -0.25) is 9.89 Å². The quantitative estimate of drug-likeness (QED) is 0.603. The van der Waals surface area contributed by atoms with Crippen LogP contribution in [0.15, 0.2) is 53.5 Å². The average molecular weight is 395 g/mol. The van der Waals surface area contributed by atoms with Crippen molar-refractivity contribution in [1.29, 1.82) is 0 Å². The van der Waals surface area contributed by atoms with Crippen LogP contribution in [0.3, 0.4) is 0 Å². The highest BCUT2D eigenvalue weighted by atomic mass is 16.5. The van der Waals surface area contributed by atoms with Crippen LogP contribution in [0.5, 0.6) is 5.75 Å². The van der Waals surface area contributed by atoms with Crippen molar-refractivity contribution in [2.45, 2.75) is 25.4 Å². The Labute approximate surface area is 172 Å². The van der Waals surface area contributed by atoms with Gasteiger partial charge >= 0.3 is 0 Å². The fourth-order valence-electron chi connectivity index (χ4n) is 4.10. The molecule has 2 aromatic carbocycles. The lowest BCUT2D eigenvalue weighted by molar-refractivity contribution is 0.0179. The summed E-state index contributed by atoms with van der Waals surface area (Å²) >= 11 is 0. The Morgan fingerprint density at radius 2 is 2.00 bits per heavy atom. The van der Waals surface area contributed by atoms with Gasteiger partial charge in [0, 0.05) is 25.1 Å². The van der Waals surface area contributed by atoms with Gasteiger partial charge in [0.2, 0.25) is 0 Å². The molecule has 29 heavy (non-hydrogen) atoms. The highest BCUT2D eigenvalue weighted by molar-refractivity contribution is 5.78. The lowest BCUT2D eigenvalue weighted by atomic mass is 10.0. The third-order valence-corrected chi connectivity index (χ3v) is 5.63. The number of nitrogens with one attached hydrogen (secondary N) is 1. The molecule has 6 nitrogen and oxygen atoms in total. The molecule has 0 aromatic heterocycles. The fraction of sp³-hybridized carbons (Fsp3) is 0.435. The minimum atomic E-state index is 0.129. The maximum absolute atomic E-state index is 6.30. The Hall–Kier alpha value is -2.57. The van der Waals surface area contributed by atoms with Gasteiger partial charge in [0.15, 0.2) is 5.96 Å². The molecule has 2 unspecified atom stereocenters. The van der Waals surface area contributed by atoms with Gasteiger partial charge in [0.05, 0.1) is 38.4 Å². The van der Waals surface area contributed by atoms with E-state index in [0.717, 1.165) is 44.0 Å². The number of ether oxygens (including phenoxy) is 2. The van der Waals surface area contributed by atoms with Crippen LogP contribution in [0.2, 0.25) is 0 Å². The van der Waals surface area contributed by atoms with Crippen LogP contribution in [0.1, 0.15) is 35.2 Å². The van der Waals surface area contributed by atoms with Crippen molar-refractivity contribution >= 4 is 5.96 Å². The van der Waals surface area contributed by atoms with E-state index in [4.69, 9.17) is 20.2 Å². The first-order valence-corrected chi connectivity index (χ1v) is 10.4. The summed E-state index contributed by atoms with van der Waals surface area (Å²) in [4.78, 5) is 7.18. The normalized spacial score (nSPS) is 21.1. The van der Waals surface area contributed by atoms with Gasteiger partial charge in [-0.25, -0.2) is 0 Å². The molecule has 154 valence electrons. The Kier molecular flexibility index (Phi) is 6.32. The molecule has 6 heteroatoms. The first-order chi connectivity index (χ1) is 14.2. The predicted octanol–water partition coefficient (Wildman–Crippen LogP) is 2.80. The third-order valence-electron chi connectivity index (χ3n) is 5.63. The molecule has 2 aliphatic rings. The number of aryl methyl sites for hydroxylation is 1. The zero-order valence-corrected chi connectivity index (χ0v) is 17.0. The zero-order chi connectivity index (χ0) is 20.1. The molecule has 0 radical (unpaired) electrons. The van der Waals surface area contributed by atoms with Crippen LogP contribution < -0.4 is 15.8 Å². The molecule has 0 aliphatic carbocycles. The fourth-order valence-corrected chi connectivity index (χ4v) is 4.10. The zero-order valence-electron chi connectivity index (χ0n) is 17.0. The van der Waals surface area contributed by atoms with Crippen LogP contribution >= 0.6 is 0 Å². The van der Waals surface area contributed by atoms with E-state index in [1.807, 2.05) is 18.2 Å². The molecule has 0 amide bonds. The number of aliphatic imine (C=N–C) groups is 1. The summed E-state index contributed by atoms with van der Waals surface area (Å²) in [7, 11) is 0. The van der Waals surface area contributed by atoms with Gasteiger partial charge in [0.1, 0.15) is 5.75 Å². The molecule has 0 bridgehead atoms. The van der Waals surface area contributed by atoms with E-state index >= 15 is 0 Å². The number of fused-ring (bicyclic) bond motifs is 1. The maximum Gasteiger partial charge on any atom is 0.189 e. The largest absolute Gasteiger partial charge is 0.493 e.